The molecule has 2 nitrogen and oxygen atoms in total. The Morgan fingerprint density at radius 3 is 2.25 bits per heavy atom. The minimum Gasteiger partial charge on any atom is -0.422 e. The van der Waals surface area contributed by atoms with E-state index in [1.165, 1.54) is 12.1 Å². The fraction of sp³-hybridized carbons (Fsp3) is 0. The van der Waals surface area contributed by atoms with Crippen LogP contribution in [0, 0.1) is 0 Å². The van der Waals surface area contributed by atoms with Gasteiger partial charge < -0.3 is 4.74 Å². The molecule has 0 unspecified atom stereocenters. The van der Waals surface area contributed by atoms with Gasteiger partial charge in [0.05, 0.1) is 15.6 Å². The predicted molar refractivity (Wildman–Crippen MR) is 99.3 cm³/mol. The molecule has 0 heterocycles. The van der Waals surface area contributed by atoms with Crippen molar-refractivity contribution < 1.29 is 9.53 Å². The SMILES string of the molecule is O=C(Oc1ccc2c3c(cccc13)C=C2)c1c(Cl)cc(Cl)cc1Cl. The Morgan fingerprint density at radius 1 is 0.875 bits per heavy atom. The van der Waals surface area contributed by atoms with Gasteiger partial charge in [0.25, 0.3) is 0 Å². The molecule has 0 aliphatic heterocycles. The Labute approximate surface area is 153 Å². The van der Waals surface area contributed by atoms with E-state index in [4.69, 9.17) is 39.5 Å². The van der Waals surface area contributed by atoms with Crippen molar-refractivity contribution in [2.45, 2.75) is 0 Å². The Morgan fingerprint density at radius 2 is 1.54 bits per heavy atom. The summed E-state index contributed by atoms with van der Waals surface area (Å²) >= 11 is 18.1. The van der Waals surface area contributed by atoms with E-state index < -0.39 is 5.97 Å². The molecular weight excluding hydrogens is 367 g/mol. The van der Waals surface area contributed by atoms with Gasteiger partial charge in [0.2, 0.25) is 0 Å². The molecule has 0 spiro atoms. The van der Waals surface area contributed by atoms with Crippen LogP contribution in [0.3, 0.4) is 0 Å². The molecule has 3 aromatic carbocycles. The number of carbonyl (C=O) groups excluding carboxylic acids is 1. The van der Waals surface area contributed by atoms with Crippen molar-refractivity contribution in [3.05, 3.63) is 74.2 Å². The number of ether oxygens (including phenoxy) is 1. The minimum absolute atomic E-state index is 0.101. The first-order valence-electron chi connectivity index (χ1n) is 7.15. The molecule has 1 aliphatic carbocycles. The number of hydrogen-bond donors (Lipinski definition) is 0. The quantitative estimate of drug-likeness (QED) is 0.295. The second kappa shape index (κ2) is 5.82. The number of benzene rings is 3. The van der Waals surface area contributed by atoms with Crippen LogP contribution in [0.25, 0.3) is 22.9 Å². The van der Waals surface area contributed by atoms with Crippen molar-refractivity contribution in [1.82, 2.24) is 0 Å². The monoisotopic (exact) mass is 374 g/mol. The van der Waals surface area contributed by atoms with E-state index in [1.54, 1.807) is 6.07 Å². The lowest BCUT2D eigenvalue weighted by molar-refractivity contribution is 0.0737. The van der Waals surface area contributed by atoms with Gasteiger partial charge in [-0.15, -0.1) is 0 Å². The van der Waals surface area contributed by atoms with Gasteiger partial charge in [0, 0.05) is 10.4 Å². The molecule has 5 heteroatoms. The lowest BCUT2D eigenvalue weighted by atomic mass is 10.0. The normalized spacial score (nSPS) is 12.0. The lowest BCUT2D eigenvalue weighted by Gasteiger charge is -2.11. The molecule has 0 amide bonds. The van der Waals surface area contributed by atoms with Gasteiger partial charge in [0.1, 0.15) is 5.75 Å². The molecule has 118 valence electrons. The van der Waals surface area contributed by atoms with Crippen molar-refractivity contribution in [3.8, 4) is 5.75 Å². The van der Waals surface area contributed by atoms with E-state index in [9.17, 15) is 4.79 Å². The average molecular weight is 376 g/mol. The van der Waals surface area contributed by atoms with Gasteiger partial charge in [-0.2, -0.15) is 0 Å². The maximum Gasteiger partial charge on any atom is 0.346 e. The zero-order valence-electron chi connectivity index (χ0n) is 12.1. The third-order valence-electron chi connectivity index (χ3n) is 3.92. The van der Waals surface area contributed by atoms with Crippen molar-refractivity contribution in [2.75, 3.05) is 0 Å². The Hall–Kier alpha value is -2.00. The Balaban J connectivity index is 1.78. The van der Waals surface area contributed by atoms with Crippen LogP contribution in [0.2, 0.25) is 15.1 Å². The smallest absolute Gasteiger partial charge is 0.346 e. The third kappa shape index (κ3) is 2.48. The number of rotatable bonds is 2. The maximum absolute atomic E-state index is 12.5. The standard InChI is InChI=1S/C19H9Cl3O2/c20-12-8-14(21)18(15(22)9-12)19(23)24-16-7-6-11-5-4-10-2-1-3-13(16)17(10)11/h1-9H. The molecule has 0 atom stereocenters. The van der Waals surface area contributed by atoms with Crippen molar-refractivity contribution >= 4 is 63.7 Å². The van der Waals surface area contributed by atoms with Crippen LogP contribution in [0.4, 0.5) is 0 Å². The van der Waals surface area contributed by atoms with Crippen LogP contribution < -0.4 is 4.74 Å². The first-order chi connectivity index (χ1) is 11.5. The van der Waals surface area contributed by atoms with Gasteiger partial charge in [-0.05, 0) is 34.7 Å². The van der Waals surface area contributed by atoms with Gasteiger partial charge in [-0.1, -0.05) is 71.2 Å². The summed E-state index contributed by atoms with van der Waals surface area (Å²) in [5.41, 5.74) is 2.30. The zero-order valence-corrected chi connectivity index (χ0v) is 14.4. The fourth-order valence-corrected chi connectivity index (χ4v) is 3.84. The maximum atomic E-state index is 12.5. The predicted octanol–water partition coefficient (Wildman–Crippen LogP) is 6.50. The average Bonchev–Trinajstić information content (AvgIpc) is 2.94. The Kier molecular flexibility index (Phi) is 3.76. The molecule has 0 aromatic heterocycles. The van der Waals surface area contributed by atoms with E-state index in [0.717, 1.165) is 21.9 Å². The molecular formula is C19H9Cl3O2. The van der Waals surface area contributed by atoms with E-state index in [-0.39, 0.29) is 15.6 Å². The van der Waals surface area contributed by atoms with Gasteiger partial charge >= 0.3 is 5.97 Å². The highest BCUT2D eigenvalue weighted by molar-refractivity contribution is 6.42. The summed E-state index contributed by atoms with van der Waals surface area (Å²) in [4.78, 5) is 12.5. The molecule has 0 radical (unpaired) electrons. The highest BCUT2D eigenvalue weighted by Gasteiger charge is 2.20. The van der Waals surface area contributed by atoms with E-state index >= 15 is 0 Å². The molecule has 4 rings (SSSR count). The number of hydrogen-bond acceptors (Lipinski definition) is 2. The zero-order chi connectivity index (χ0) is 16.8. The lowest BCUT2D eigenvalue weighted by Crippen LogP contribution is -2.10. The molecule has 0 fully saturated rings. The van der Waals surface area contributed by atoms with Crippen molar-refractivity contribution in [3.63, 3.8) is 0 Å². The molecule has 0 saturated carbocycles. The molecule has 0 saturated heterocycles. The van der Waals surface area contributed by atoms with Crippen molar-refractivity contribution in [2.24, 2.45) is 0 Å². The summed E-state index contributed by atoms with van der Waals surface area (Å²) in [5.74, 6) is -0.153. The molecule has 0 bridgehead atoms. The third-order valence-corrected chi connectivity index (χ3v) is 4.74. The van der Waals surface area contributed by atoms with Gasteiger partial charge in [-0.3, -0.25) is 0 Å². The summed E-state index contributed by atoms with van der Waals surface area (Å²) in [6.07, 6.45) is 4.08. The molecule has 1 aliphatic rings. The summed E-state index contributed by atoms with van der Waals surface area (Å²) < 4.78 is 5.57. The van der Waals surface area contributed by atoms with Crippen LogP contribution in [-0.2, 0) is 0 Å². The van der Waals surface area contributed by atoms with Crippen LogP contribution >= 0.6 is 34.8 Å². The number of halogens is 3. The van der Waals surface area contributed by atoms with E-state index in [1.807, 2.05) is 36.4 Å². The van der Waals surface area contributed by atoms with Crippen LogP contribution in [-0.4, -0.2) is 5.97 Å². The van der Waals surface area contributed by atoms with Crippen LogP contribution in [0.15, 0.2) is 42.5 Å². The molecule has 0 N–H and O–H groups in total. The fourth-order valence-electron chi connectivity index (χ4n) is 2.87. The summed E-state index contributed by atoms with van der Waals surface area (Å²) in [7, 11) is 0. The summed E-state index contributed by atoms with van der Waals surface area (Å²) in [5, 5.41) is 2.61. The molecule has 24 heavy (non-hydrogen) atoms. The highest BCUT2D eigenvalue weighted by Crippen LogP contribution is 2.37. The van der Waals surface area contributed by atoms with Gasteiger partial charge in [0.15, 0.2) is 0 Å². The largest absolute Gasteiger partial charge is 0.422 e. The highest BCUT2D eigenvalue weighted by atomic mass is 35.5. The second-order valence-corrected chi connectivity index (χ2v) is 6.64. The summed E-state index contributed by atoms with van der Waals surface area (Å²) in [6, 6.07) is 12.5. The molecule has 3 aromatic rings. The topological polar surface area (TPSA) is 26.3 Å². The first kappa shape index (κ1) is 15.5. The number of esters is 1. The minimum atomic E-state index is -0.617. The Bertz CT molecular complexity index is 1000. The van der Waals surface area contributed by atoms with E-state index in [2.05, 4.69) is 0 Å². The van der Waals surface area contributed by atoms with E-state index in [0.29, 0.717) is 10.8 Å². The first-order valence-corrected chi connectivity index (χ1v) is 8.28. The van der Waals surface area contributed by atoms with Gasteiger partial charge in [-0.25, -0.2) is 4.79 Å². The van der Waals surface area contributed by atoms with Crippen molar-refractivity contribution in [1.29, 1.82) is 0 Å². The van der Waals surface area contributed by atoms with Crippen LogP contribution in [0.5, 0.6) is 5.75 Å². The van der Waals surface area contributed by atoms with Crippen LogP contribution in [0.1, 0.15) is 21.5 Å². The summed E-state index contributed by atoms with van der Waals surface area (Å²) in [6.45, 7) is 0. The second-order valence-electron chi connectivity index (χ2n) is 5.39. The number of carbonyl (C=O) groups is 1.